The van der Waals surface area contributed by atoms with Gasteiger partial charge in [0, 0.05) is 25.1 Å². The van der Waals surface area contributed by atoms with Crippen molar-refractivity contribution in [3.8, 4) is 11.1 Å². The van der Waals surface area contributed by atoms with Crippen molar-refractivity contribution in [2.75, 3.05) is 23.1 Å². The Morgan fingerprint density at radius 2 is 1.80 bits per heavy atom. The van der Waals surface area contributed by atoms with Gasteiger partial charge in [-0.1, -0.05) is 30.3 Å². The van der Waals surface area contributed by atoms with Crippen LogP contribution in [-0.2, 0) is 22.3 Å². The van der Waals surface area contributed by atoms with Crippen molar-refractivity contribution in [1.82, 2.24) is 9.88 Å². The van der Waals surface area contributed by atoms with E-state index in [0.717, 1.165) is 18.2 Å². The Morgan fingerprint density at radius 3 is 2.43 bits per heavy atom. The summed E-state index contributed by atoms with van der Waals surface area (Å²) in [4.78, 5) is 21.2. The van der Waals surface area contributed by atoms with Gasteiger partial charge in [0.1, 0.15) is 18.5 Å². The first-order valence-electron chi connectivity index (χ1n) is 13.2. The quantitative estimate of drug-likeness (QED) is 0.186. The molecule has 0 aliphatic carbocycles. The highest BCUT2D eigenvalue weighted by molar-refractivity contribution is 7.91. The van der Waals surface area contributed by atoms with Crippen molar-refractivity contribution in [1.29, 1.82) is 0 Å². The van der Waals surface area contributed by atoms with Crippen LogP contribution in [0.4, 0.5) is 37.8 Å². The molecule has 236 valence electrons. The number of aliphatic imine (C=N–C) groups is 2. The second-order valence-electron chi connectivity index (χ2n) is 10.1. The number of anilines is 2. The summed E-state index contributed by atoms with van der Waals surface area (Å²) in [5.74, 6) is -4.52. The van der Waals surface area contributed by atoms with Crippen LogP contribution >= 0.6 is 0 Å². The summed E-state index contributed by atoms with van der Waals surface area (Å²) in [6.45, 7) is 3.24. The molecule has 1 aliphatic heterocycles. The molecule has 16 heteroatoms. The third kappa shape index (κ3) is 8.05. The van der Waals surface area contributed by atoms with Crippen molar-refractivity contribution in [3.63, 3.8) is 0 Å². The van der Waals surface area contributed by atoms with Crippen molar-refractivity contribution in [3.05, 3.63) is 81.6 Å². The van der Waals surface area contributed by atoms with E-state index in [-0.39, 0.29) is 35.6 Å². The second-order valence-corrected chi connectivity index (χ2v) is 11.8. The summed E-state index contributed by atoms with van der Waals surface area (Å²) in [5.41, 5.74) is -3.01. The van der Waals surface area contributed by atoms with Crippen LogP contribution in [0.15, 0.2) is 63.3 Å². The number of halogens is 6. The summed E-state index contributed by atoms with van der Waals surface area (Å²) in [6.07, 6.45) is -6.08. The smallest absolute Gasteiger partial charge is 0.312 e. The minimum atomic E-state index is -4.91. The first-order chi connectivity index (χ1) is 20.7. The largest absolute Gasteiger partial charge is 0.406 e. The molecule has 4 rings (SSSR count). The summed E-state index contributed by atoms with van der Waals surface area (Å²) >= 11 is 0. The van der Waals surface area contributed by atoms with E-state index in [1.54, 1.807) is 18.2 Å². The maximum atomic E-state index is 15.3. The molecule has 0 amide bonds. The lowest BCUT2D eigenvalue weighted by atomic mass is 10.0. The zero-order valence-electron chi connectivity index (χ0n) is 23.3. The van der Waals surface area contributed by atoms with Crippen molar-refractivity contribution in [2.24, 2.45) is 9.98 Å². The van der Waals surface area contributed by atoms with Gasteiger partial charge in [0.25, 0.3) is 5.56 Å². The van der Waals surface area contributed by atoms with Crippen LogP contribution in [0.25, 0.3) is 11.1 Å². The minimum Gasteiger partial charge on any atom is -0.312 e. The first-order valence-corrected chi connectivity index (χ1v) is 14.8. The molecule has 0 bridgehead atoms. The summed E-state index contributed by atoms with van der Waals surface area (Å²) in [6, 6.07) is 10.1. The highest BCUT2D eigenvalue weighted by atomic mass is 32.2. The first kappa shape index (κ1) is 32.7. The maximum absolute atomic E-state index is 15.3. The van der Waals surface area contributed by atoms with Gasteiger partial charge >= 0.3 is 6.18 Å². The number of pyridine rings is 1. The van der Waals surface area contributed by atoms with Gasteiger partial charge in [-0.25, -0.2) is 31.6 Å². The highest BCUT2D eigenvalue weighted by Gasteiger charge is 2.32. The lowest BCUT2D eigenvalue weighted by molar-refractivity contribution is -0.140. The Morgan fingerprint density at radius 1 is 1.09 bits per heavy atom. The van der Waals surface area contributed by atoms with Crippen LogP contribution in [-0.4, -0.2) is 57.1 Å². The standard InChI is InChI=1S/C28H28F6N6O3S/c1-16-10-21(20-8-9-22(24(31)23(20)30)39-44(42,43)14-17-6-4-3-5-7-17)26(41)40(15-28(32,33)34)25(16)38-27(35-2)37-19-11-18(29)12-36-13-19/h3-10,18-19,36,39H,2,11-15H2,1H3,(H,37,38)/t18-,19-/m0/s1. The average molecular weight is 643 g/mol. The molecule has 3 N–H and O–H groups in total. The molecule has 1 saturated heterocycles. The molecule has 3 aromatic rings. The zero-order chi connectivity index (χ0) is 32.2. The molecule has 9 nitrogen and oxygen atoms in total. The van der Waals surface area contributed by atoms with Crippen molar-refractivity contribution >= 4 is 34.2 Å². The number of guanidine groups is 1. The topological polar surface area (TPSA) is 117 Å². The van der Waals surface area contributed by atoms with E-state index in [1.807, 2.05) is 4.72 Å². The van der Waals surface area contributed by atoms with Crippen LogP contribution in [0.2, 0.25) is 0 Å². The predicted molar refractivity (Wildman–Crippen MR) is 156 cm³/mol. The van der Waals surface area contributed by atoms with Gasteiger partial charge < -0.3 is 10.6 Å². The summed E-state index contributed by atoms with van der Waals surface area (Å²) in [7, 11) is -4.19. The number of piperidine rings is 1. The summed E-state index contributed by atoms with van der Waals surface area (Å²) < 4.78 is 112. The van der Waals surface area contributed by atoms with Crippen LogP contribution in [0.1, 0.15) is 17.5 Å². The van der Waals surface area contributed by atoms with E-state index in [9.17, 15) is 30.8 Å². The van der Waals surface area contributed by atoms with Gasteiger partial charge in [-0.05, 0) is 43.0 Å². The fourth-order valence-corrected chi connectivity index (χ4v) is 5.88. The molecule has 0 saturated carbocycles. The molecule has 2 aromatic carbocycles. The van der Waals surface area contributed by atoms with E-state index in [1.165, 1.54) is 19.1 Å². The summed E-state index contributed by atoms with van der Waals surface area (Å²) in [5, 5.41) is 5.36. The normalized spacial score (nSPS) is 17.8. The third-order valence-electron chi connectivity index (χ3n) is 6.61. The SMILES string of the molecule is C=NC(=N[C@@H]1CNC[C@@H](F)C1)Nc1c(C)cc(-c2ccc(NS(=O)(=O)Cc3ccccc3)c(F)c2F)c(=O)n1CC(F)(F)F. The monoisotopic (exact) mass is 642 g/mol. The number of aryl methyl sites for hydroxylation is 1. The van der Waals surface area contributed by atoms with E-state index in [2.05, 4.69) is 27.3 Å². The molecular formula is C28H28F6N6O3S. The van der Waals surface area contributed by atoms with E-state index in [0.29, 0.717) is 5.56 Å². The molecular weight excluding hydrogens is 614 g/mol. The Balaban J connectivity index is 1.72. The predicted octanol–water partition coefficient (Wildman–Crippen LogP) is 4.77. The number of sulfonamides is 1. The average Bonchev–Trinajstić information content (AvgIpc) is 2.94. The number of alkyl halides is 4. The number of nitrogens with one attached hydrogen (secondary N) is 3. The fourth-order valence-electron chi connectivity index (χ4n) is 4.69. The molecule has 1 aliphatic rings. The minimum absolute atomic E-state index is 0.00205. The van der Waals surface area contributed by atoms with E-state index < -0.39 is 80.5 Å². The number of hydrogen-bond donors (Lipinski definition) is 3. The van der Waals surface area contributed by atoms with Gasteiger partial charge in [-0.15, -0.1) is 0 Å². The van der Waals surface area contributed by atoms with Crippen LogP contribution < -0.4 is 20.9 Å². The maximum Gasteiger partial charge on any atom is 0.406 e. The third-order valence-corrected chi connectivity index (χ3v) is 7.86. The van der Waals surface area contributed by atoms with Crippen molar-refractivity contribution < 1.29 is 34.8 Å². The zero-order valence-corrected chi connectivity index (χ0v) is 24.1. The van der Waals surface area contributed by atoms with E-state index in [4.69, 9.17) is 0 Å². The van der Waals surface area contributed by atoms with Crippen LogP contribution in [0.3, 0.4) is 0 Å². The molecule has 0 radical (unpaired) electrons. The molecule has 0 spiro atoms. The number of rotatable bonds is 8. The van der Waals surface area contributed by atoms with Gasteiger partial charge in [0.2, 0.25) is 16.0 Å². The molecule has 1 fully saturated rings. The number of nitrogens with zero attached hydrogens (tertiary/aromatic N) is 3. The Bertz CT molecular complexity index is 1730. The highest BCUT2D eigenvalue weighted by Crippen LogP contribution is 2.31. The Labute approximate surface area is 248 Å². The van der Waals surface area contributed by atoms with Gasteiger partial charge in [0.05, 0.1) is 23.0 Å². The van der Waals surface area contributed by atoms with Gasteiger partial charge in [-0.2, -0.15) is 13.2 Å². The number of aromatic nitrogens is 1. The molecule has 1 aromatic heterocycles. The Kier molecular flexibility index (Phi) is 9.83. The Hall–Kier alpha value is -4.18. The molecule has 44 heavy (non-hydrogen) atoms. The van der Waals surface area contributed by atoms with Crippen LogP contribution in [0.5, 0.6) is 0 Å². The number of hydrogen-bond acceptors (Lipinski definition) is 5. The molecule has 0 unspecified atom stereocenters. The lowest BCUT2D eigenvalue weighted by Gasteiger charge is -2.24. The van der Waals surface area contributed by atoms with Gasteiger partial charge in [-0.3, -0.25) is 14.1 Å². The fraction of sp³-hybridized carbons (Fsp3) is 0.321. The molecule has 2 atom stereocenters. The van der Waals surface area contributed by atoms with Gasteiger partial charge in [0.15, 0.2) is 11.6 Å². The lowest BCUT2D eigenvalue weighted by Crippen LogP contribution is -2.40. The number of benzene rings is 2. The van der Waals surface area contributed by atoms with Crippen molar-refractivity contribution in [2.45, 2.75) is 44.0 Å². The second kappa shape index (κ2) is 13.2. The molecule has 2 heterocycles. The van der Waals surface area contributed by atoms with Crippen LogP contribution in [0, 0.1) is 18.6 Å². The van der Waals surface area contributed by atoms with E-state index >= 15 is 8.78 Å².